The molecule has 118 valence electrons. The van der Waals surface area contributed by atoms with Crippen LogP contribution in [-0.2, 0) is 4.74 Å². The van der Waals surface area contributed by atoms with E-state index in [2.05, 4.69) is 6.92 Å². The molecule has 0 heterocycles. The van der Waals surface area contributed by atoms with E-state index in [-0.39, 0.29) is 12.1 Å². The molecule has 0 spiro atoms. The number of unbranched alkanes of at least 4 members (excludes halogenated alkanes) is 3. The van der Waals surface area contributed by atoms with Gasteiger partial charge in [-0.1, -0.05) is 26.2 Å². The van der Waals surface area contributed by atoms with Crippen LogP contribution in [-0.4, -0.2) is 18.7 Å². The van der Waals surface area contributed by atoms with Crippen molar-refractivity contribution in [3.8, 4) is 5.75 Å². The summed E-state index contributed by atoms with van der Waals surface area (Å²) in [6.45, 7) is 6.55. The van der Waals surface area contributed by atoms with Crippen molar-refractivity contribution >= 4 is 11.7 Å². The number of nitrogens with two attached hydrogens (primary N) is 1. The van der Waals surface area contributed by atoms with Gasteiger partial charge >= 0.3 is 5.97 Å². The van der Waals surface area contributed by atoms with Crippen LogP contribution in [0.25, 0.3) is 0 Å². The predicted molar refractivity (Wildman–Crippen MR) is 85.7 cm³/mol. The molecule has 2 N–H and O–H groups in total. The maximum atomic E-state index is 12.0. The lowest BCUT2D eigenvalue weighted by Crippen LogP contribution is -2.15. The monoisotopic (exact) mass is 293 g/mol. The highest BCUT2D eigenvalue weighted by Gasteiger charge is 2.13. The van der Waals surface area contributed by atoms with Crippen molar-refractivity contribution in [3.63, 3.8) is 0 Å². The van der Waals surface area contributed by atoms with Crippen molar-refractivity contribution in [2.45, 2.75) is 59.0 Å². The molecule has 0 saturated heterocycles. The highest BCUT2D eigenvalue weighted by atomic mass is 16.5. The van der Waals surface area contributed by atoms with Gasteiger partial charge in [-0.25, -0.2) is 4.79 Å². The fraction of sp³-hybridized carbons (Fsp3) is 0.588. The van der Waals surface area contributed by atoms with Crippen LogP contribution < -0.4 is 10.5 Å². The van der Waals surface area contributed by atoms with Crippen LogP contribution in [0.5, 0.6) is 5.75 Å². The number of carbonyl (C=O) groups excluding carboxylic acids is 1. The van der Waals surface area contributed by atoms with Crippen LogP contribution in [0.3, 0.4) is 0 Å². The average molecular weight is 293 g/mol. The number of carbonyl (C=O) groups is 1. The van der Waals surface area contributed by atoms with Crippen LogP contribution in [0.2, 0.25) is 0 Å². The number of anilines is 1. The van der Waals surface area contributed by atoms with Crippen molar-refractivity contribution in [2.24, 2.45) is 0 Å². The summed E-state index contributed by atoms with van der Waals surface area (Å²) in [6.07, 6.45) is 5.55. The molecule has 1 atom stereocenters. The third-order valence-corrected chi connectivity index (χ3v) is 3.32. The van der Waals surface area contributed by atoms with Crippen molar-refractivity contribution < 1.29 is 14.3 Å². The first kappa shape index (κ1) is 17.3. The molecule has 4 heteroatoms. The van der Waals surface area contributed by atoms with Gasteiger partial charge in [-0.15, -0.1) is 0 Å². The summed E-state index contributed by atoms with van der Waals surface area (Å²) in [6, 6.07) is 5.01. The Labute approximate surface area is 127 Å². The zero-order valence-corrected chi connectivity index (χ0v) is 13.4. The van der Waals surface area contributed by atoms with E-state index in [1.807, 2.05) is 13.8 Å². The summed E-state index contributed by atoms with van der Waals surface area (Å²) in [5, 5.41) is 0. The third kappa shape index (κ3) is 6.06. The second-order valence-corrected chi connectivity index (χ2v) is 5.25. The van der Waals surface area contributed by atoms with Gasteiger partial charge in [0.2, 0.25) is 0 Å². The van der Waals surface area contributed by atoms with Gasteiger partial charge in [0, 0.05) is 0 Å². The van der Waals surface area contributed by atoms with Crippen LogP contribution >= 0.6 is 0 Å². The second kappa shape index (κ2) is 9.27. The quantitative estimate of drug-likeness (QED) is 0.421. The van der Waals surface area contributed by atoms with E-state index < -0.39 is 0 Å². The van der Waals surface area contributed by atoms with Gasteiger partial charge in [0.05, 0.1) is 24.0 Å². The molecule has 0 fully saturated rings. The molecule has 1 aromatic rings. The van der Waals surface area contributed by atoms with E-state index in [1.54, 1.807) is 18.2 Å². The normalized spacial score (nSPS) is 12.0. The summed E-state index contributed by atoms with van der Waals surface area (Å²) >= 11 is 0. The summed E-state index contributed by atoms with van der Waals surface area (Å²) in [5.74, 6) is 0.273. The van der Waals surface area contributed by atoms with Gasteiger partial charge in [0.1, 0.15) is 5.75 Å². The zero-order valence-electron chi connectivity index (χ0n) is 13.4. The first-order chi connectivity index (χ1) is 10.1. The van der Waals surface area contributed by atoms with Gasteiger partial charge in [-0.3, -0.25) is 0 Å². The van der Waals surface area contributed by atoms with E-state index in [9.17, 15) is 4.79 Å². The topological polar surface area (TPSA) is 61.5 Å². The number of ether oxygens (including phenoxy) is 2. The minimum atomic E-state index is -0.326. The molecule has 21 heavy (non-hydrogen) atoms. The molecule has 0 bridgehead atoms. The predicted octanol–water partition coefficient (Wildman–Crippen LogP) is 4.18. The Morgan fingerprint density at radius 2 is 2.00 bits per heavy atom. The fourth-order valence-electron chi connectivity index (χ4n) is 2.13. The SMILES string of the molecule is CCCCCCC(C)OC(=O)c1ccc(OCC)c(N)c1. The molecular weight excluding hydrogens is 266 g/mol. The van der Waals surface area contributed by atoms with Crippen molar-refractivity contribution in [3.05, 3.63) is 23.8 Å². The van der Waals surface area contributed by atoms with Gasteiger partial charge in [0.15, 0.2) is 0 Å². The maximum absolute atomic E-state index is 12.0. The Morgan fingerprint density at radius 1 is 1.24 bits per heavy atom. The number of benzene rings is 1. The lowest BCUT2D eigenvalue weighted by molar-refractivity contribution is 0.0319. The van der Waals surface area contributed by atoms with Crippen LogP contribution in [0.15, 0.2) is 18.2 Å². The molecule has 0 saturated carbocycles. The molecule has 1 unspecified atom stereocenters. The molecule has 1 rings (SSSR count). The highest BCUT2D eigenvalue weighted by molar-refractivity contribution is 5.91. The fourth-order valence-corrected chi connectivity index (χ4v) is 2.13. The number of hydrogen-bond donors (Lipinski definition) is 1. The van der Waals surface area contributed by atoms with Crippen LogP contribution in [0.1, 0.15) is 63.2 Å². The number of nitrogen functional groups attached to an aromatic ring is 1. The molecule has 1 aromatic carbocycles. The first-order valence-electron chi connectivity index (χ1n) is 7.81. The number of esters is 1. The zero-order chi connectivity index (χ0) is 15.7. The number of hydrogen-bond acceptors (Lipinski definition) is 4. The van der Waals surface area contributed by atoms with Gasteiger partial charge in [0.25, 0.3) is 0 Å². The Balaban J connectivity index is 2.49. The Kier molecular flexibility index (Phi) is 7.65. The maximum Gasteiger partial charge on any atom is 0.338 e. The van der Waals surface area contributed by atoms with E-state index in [1.165, 1.54) is 19.3 Å². The van der Waals surface area contributed by atoms with Crippen molar-refractivity contribution in [1.29, 1.82) is 0 Å². The summed E-state index contributed by atoms with van der Waals surface area (Å²) in [5.41, 5.74) is 6.79. The molecular formula is C17H27NO3. The largest absolute Gasteiger partial charge is 0.492 e. The van der Waals surface area contributed by atoms with Gasteiger partial charge in [-0.05, 0) is 44.9 Å². The molecule has 0 aliphatic carbocycles. The van der Waals surface area contributed by atoms with Crippen LogP contribution in [0, 0.1) is 0 Å². The third-order valence-electron chi connectivity index (χ3n) is 3.32. The van der Waals surface area contributed by atoms with E-state index in [4.69, 9.17) is 15.2 Å². The van der Waals surface area contributed by atoms with Gasteiger partial charge in [-0.2, -0.15) is 0 Å². The molecule has 0 amide bonds. The number of rotatable bonds is 9. The minimum Gasteiger partial charge on any atom is -0.492 e. The minimum absolute atomic E-state index is 0.0675. The molecule has 0 aliphatic heterocycles. The van der Waals surface area contributed by atoms with E-state index >= 15 is 0 Å². The highest BCUT2D eigenvalue weighted by Crippen LogP contribution is 2.23. The van der Waals surface area contributed by atoms with Crippen molar-refractivity contribution in [1.82, 2.24) is 0 Å². The standard InChI is InChI=1S/C17H27NO3/c1-4-6-7-8-9-13(3)21-17(19)14-10-11-16(20-5-2)15(18)12-14/h10-13H,4-9,18H2,1-3H3. The molecule has 0 radical (unpaired) electrons. The Hall–Kier alpha value is -1.71. The molecule has 0 aromatic heterocycles. The Bertz CT molecular complexity index is 446. The van der Waals surface area contributed by atoms with Crippen molar-refractivity contribution in [2.75, 3.05) is 12.3 Å². The second-order valence-electron chi connectivity index (χ2n) is 5.25. The Morgan fingerprint density at radius 3 is 2.62 bits per heavy atom. The summed E-state index contributed by atoms with van der Waals surface area (Å²) < 4.78 is 10.8. The van der Waals surface area contributed by atoms with Crippen LogP contribution in [0.4, 0.5) is 5.69 Å². The molecule has 0 aliphatic rings. The van der Waals surface area contributed by atoms with E-state index in [0.29, 0.717) is 23.6 Å². The van der Waals surface area contributed by atoms with Gasteiger partial charge < -0.3 is 15.2 Å². The van der Waals surface area contributed by atoms with E-state index in [0.717, 1.165) is 12.8 Å². The first-order valence-corrected chi connectivity index (χ1v) is 7.81. The lowest BCUT2D eigenvalue weighted by atomic mass is 10.1. The average Bonchev–Trinajstić information content (AvgIpc) is 2.46. The smallest absolute Gasteiger partial charge is 0.338 e. The molecule has 4 nitrogen and oxygen atoms in total. The summed E-state index contributed by atoms with van der Waals surface area (Å²) in [7, 11) is 0. The summed E-state index contributed by atoms with van der Waals surface area (Å²) in [4.78, 5) is 12.0. The lowest BCUT2D eigenvalue weighted by Gasteiger charge is -2.14.